The predicted molar refractivity (Wildman–Crippen MR) is 88.7 cm³/mol. The predicted octanol–water partition coefficient (Wildman–Crippen LogP) is 1.52. The van der Waals surface area contributed by atoms with Crippen molar-refractivity contribution < 1.29 is 22.3 Å². The molecule has 0 aliphatic carbocycles. The van der Waals surface area contributed by atoms with E-state index in [1.165, 1.54) is 24.3 Å². The number of benzene rings is 1. The second-order valence-electron chi connectivity index (χ2n) is 6.02. The van der Waals surface area contributed by atoms with E-state index < -0.39 is 16.1 Å². The van der Waals surface area contributed by atoms with Gasteiger partial charge in [0.05, 0.1) is 6.26 Å². The van der Waals surface area contributed by atoms with Crippen molar-refractivity contribution in [3.63, 3.8) is 0 Å². The lowest BCUT2D eigenvalue weighted by molar-refractivity contribution is -0.141. The normalized spacial score (nSPS) is 19.8. The number of halogens is 1. The minimum atomic E-state index is -3.30. The van der Waals surface area contributed by atoms with Crippen LogP contribution in [0, 0.1) is 5.82 Å². The highest BCUT2D eigenvalue weighted by Crippen LogP contribution is 2.20. The van der Waals surface area contributed by atoms with Crippen LogP contribution in [0.1, 0.15) is 26.2 Å². The van der Waals surface area contributed by atoms with Gasteiger partial charge in [-0.1, -0.05) is 0 Å². The molecule has 0 bridgehead atoms. The Labute approximate surface area is 142 Å². The maximum absolute atomic E-state index is 12.9. The molecule has 1 N–H and O–H groups in total. The molecule has 1 aromatic rings. The standard InChI is InChI=1S/C16H23FN2O4S/c1-12(23-15-8-6-13(17)7-9-15)16(20)19-10-4-3-5-14(19)11-18-24(2,21)22/h6-9,12,14,18H,3-5,10-11H2,1-2H3/t12-,14-/m1/s1. The van der Waals surface area contributed by atoms with Gasteiger partial charge in [0.15, 0.2) is 6.10 Å². The third-order valence-electron chi connectivity index (χ3n) is 3.97. The molecule has 1 saturated heterocycles. The number of piperidine rings is 1. The van der Waals surface area contributed by atoms with Crippen LogP contribution in [-0.2, 0) is 14.8 Å². The molecule has 0 saturated carbocycles. The second kappa shape index (κ2) is 7.94. The average Bonchev–Trinajstić information content (AvgIpc) is 2.54. The lowest BCUT2D eigenvalue weighted by Gasteiger charge is -2.37. The first-order chi connectivity index (χ1) is 11.3. The fraction of sp³-hybridized carbons (Fsp3) is 0.562. The maximum Gasteiger partial charge on any atom is 0.263 e. The van der Waals surface area contributed by atoms with Crippen LogP contribution in [0.2, 0.25) is 0 Å². The van der Waals surface area contributed by atoms with Crippen LogP contribution in [0.4, 0.5) is 4.39 Å². The van der Waals surface area contributed by atoms with Crippen LogP contribution in [0.15, 0.2) is 24.3 Å². The quantitative estimate of drug-likeness (QED) is 0.837. The van der Waals surface area contributed by atoms with E-state index in [1.807, 2.05) is 0 Å². The van der Waals surface area contributed by atoms with Crippen molar-refractivity contribution in [2.24, 2.45) is 0 Å². The zero-order valence-electron chi connectivity index (χ0n) is 13.9. The molecule has 1 aromatic carbocycles. The first-order valence-corrected chi connectivity index (χ1v) is 9.83. The highest BCUT2D eigenvalue weighted by atomic mass is 32.2. The summed E-state index contributed by atoms with van der Waals surface area (Å²) in [6, 6.07) is 5.30. The molecular weight excluding hydrogens is 335 g/mol. The van der Waals surface area contributed by atoms with E-state index in [4.69, 9.17) is 4.74 Å². The summed E-state index contributed by atoms with van der Waals surface area (Å²) < 4.78 is 43.5. The summed E-state index contributed by atoms with van der Waals surface area (Å²) in [4.78, 5) is 14.3. The van der Waals surface area contributed by atoms with Crippen molar-refractivity contribution >= 4 is 15.9 Å². The summed E-state index contributed by atoms with van der Waals surface area (Å²) in [6.45, 7) is 2.42. The minimum absolute atomic E-state index is 0.180. The molecule has 0 spiro atoms. The number of hydrogen-bond acceptors (Lipinski definition) is 4. The van der Waals surface area contributed by atoms with Gasteiger partial charge in [-0.25, -0.2) is 17.5 Å². The van der Waals surface area contributed by atoms with Gasteiger partial charge < -0.3 is 9.64 Å². The van der Waals surface area contributed by atoms with Gasteiger partial charge in [0.2, 0.25) is 10.0 Å². The van der Waals surface area contributed by atoms with E-state index in [2.05, 4.69) is 4.72 Å². The summed E-state index contributed by atoms with van der Waals surface area (Å²) in [5, 5.41) is 0. The van der Waals surface area contributed by atoms with Gasteiger partial charge in [0.25, 0.3) is 5.91 Å². The summed E-state index contributed by atoms with van der Waals surface area (Å²) >= 11 is 0. The van der Waals surface area contributed by atoms with Gasteiger partial charge in [-0.2, -0.15) is 0 Å². The van der Waals surface area contributed by atoms with Crippen LogP contribution in [0.3, 0.4) is 0 Å². The molecule has 1 fully saturated rings. The van der Waals surface area contributed by atoms with Gasteiger partial charge >= 0.3 is 0 Å². The number of rotatable bonds is 6. The molecule has 6 nitrogen and oxygen atoms in total. The van der Waals surface area contributed by atoms with E-state index in [0.717, 1.165) is 25.5 Å². The molecule has 0 aromatic heterocycles. The molecule has 1 amide bonds. The summed E-state index contributed by atoms with van der Waals surface area (Å²) in [5.41, 5.74) is 0. The zero-order chi connectivity index (χ0) is 17.7. The van der Waals surface area contributed by atoms with Crippen molar-refractivity contribution in [1.82, 2.24) is 9.62 Å². The zero-order valence-corrected chi connectivity index (χ0v) is 14.7. The van der Waals surface area contributed by atoms with Crippen molar-refractivity contribution in [1.29, 1.82) is 0 Å². The Bertz CT molecular complexity index is 663. The molecule has 134 valence electrons. The summed E-state index contributed by atoms with van der Waals surface area (Å²) in [5.74, 6) is -0.149. The molecule has 0 unspecified atom stereocenters. The van der Waals surface area contributed by atoms with E-state index in [9.17, 15) is 17.6 Å². The Balaban J connectivity index is 2.00. The number of sulfonamides is 1. The van der Waals surface area contributed by atoms with Crippen molar-refractivity contribution in [2.45, 2.75) is 38.3 Å². The van der Waals surface area contributed by atoms with Crippen LogP contribution in [-0.4, -0.2) is 50.7 Å². The molecule has 2 rings (SSSR count). The highest BCUT2D eigenvalue weighted by Gasteiger charge is 2.31. The van der Waals surface area contributed by atoms with E-state index >= 15 is 0 Å². The topological polar surface area (TPSA) is 75.7 Å². The maximum atomic E-state index is 12.9. The Morgan fingerprint density at radius 1 is 1.38 bits per heavy atom. The lowest BCUT2D eigenvalue weighted by Crippen LogP contribution is -2.52. The first kappa shape index (κ1) is 18.7. The van der Waals surface area contributed by atoms with Gasteiger partial charge in [-0.05, 0) is 50.5 Å². The fourth-order valence-electron chi connectivity index (χ4n) is 2.75. The Morgan fingerprint density at radius 2 is 2.04 bits per heavy atom. The molecule has 24 heavy (non-hydrogen) atoms. The highest BCUT2D eigenvalue weighted by molar-refractivity contribution is 7.88. The fourth-order valence-corrected chi connectivity index (χ4v) is 3.25. The van der Waals surface area contributed by atoms with Gasteiger partial charge in [-0.15, -0.1) is 0 Å². The average molecular weight is 358 g/mol. The first-order valence-electron chi connectivity index (χ1n) is 7.93. The SMILES string of the molecule is C[C@@H](Oc1ccc(F)cc1)C(=O)N1CCCC[C@@H]1CNS(C)(=O)=O. The lowest BCUT2D eigenvalue weighted by atomic mass is 10.0. The molecule has 1 aliphatic heterocycles. The number of amides is 1. The van der Waals surface area contributed by atoms with Gasteiger partial charge in [-0.3, -0.25) is 4.79 Å². The van der Waals surface area contributed by atoms with Gasteiger partial charge in [0.1, 0.15) is 11.6 Å². The van der Waals surface area contributed by atoms with Crippen LogP contribution in [0.25, 0.3) is 0 Å². The molecular formula is C16H23FN2O4S. The Hall–Kier alpha value is -1.67. The largest absolute Gasteiger partial charge is 0.481 e. The number of ether oxygens (including phenoxy) is 1. The van der Waals surface area contributed by atoms with Gasteiger partial charge in [0, 0.05) is 19.1 Å². The number of nitrogens with one attached hydrogen (secondary N) is 1. The van der Waals surface area contributed by atoms with E-state index in [1.54, 1.807) is 11.8 Å². The van der Waals surface area contributed by atoms with Crippen molar-refractivity contribution in [3.8, 4) is 5.75 Å². The number of carbonyl (C=O) groups excluding carboxylic acids is 1. The molecule has 1 aliphatic rings. The second-order valence-corrected chi connectivity index (χ2v) is 7.85. The summed E-state index contributed by atoms with van der Waals surface area (Å²) in [7, 11) is -3.30. The summed E-state index contributed by atoms with van der Waals surface area (Å²) in [6.07, 6.45) is 2.95. The molecule has 1 heterocycles. The minimum Gasteiger partial charge on any atom is -0.481 e. The number of hydrogen-bond donors (Lipinski definition) is 1. The van der Waals surface area contributed by atoms with E-state index in [0.29, 0.717) is 12.3 Å². The molecule has 2 atom stereocenters. The monoisotopic (exact) mass is 358 g/mol. The smallest absolute Gasteiger partial charge is 0.263 e. The Morgan fingerprint density at radius 3 is 2.67 bits per heavy atom. The third-order valence-corrected chi connectivity index (χ3v) is 4.66. The van der Waals surface area contributed by atoms with Crippen molar-refractivity contribution in [2.75, 3.05) is 19.3 Å². The van der Waals surface area contributed by atoms with Crippen LogP contribution >= 0.6 is 0 Å². The number of likely N-dealkylation sites (tertiary alicyclic amines) is 1. The third kappa shape index (κ3) is 5.45. The Kier molecular flexibility index (Phi) is 6.17. The number of nitrogens with zero attached hydrogens (tertiary/aromatic N) is 1. The van der Waals surface area contributed by atoms with Crippen LogP contribution in [0.5, 0.6) is 5.75 Å². The van der Waals surface area contributed by atoms with Crippen LogP contribution < -0.4 is 9.46 Å². The van der Waals surface area contributed by atoms with E-state index in [-0.39, 0.29) is 24.3 Å². The number of carbonyl (C=O) groups is 1. The van der Waals surface area contributed by atoms with Crippen molar-refractivity contribution in [3.05, 3.63) is 30.1 Å². The molecule has 0 radical (unpaired) electrons. The molecule has 8 heteroatoms.